The molecule has 0 radical (unpaired) electrons. The molecule has 1 saturated carbocycles. The van der Waals surface area contributed by atoms with Gasteiger partial charge < -0.3 is 16.2 Å². The summed E-state index contributed by atoms with van der Waals surface area (Å²) in [6, 6.07) is 5.11. The maximum atomic E-state index is 11.4. The number of ether oxygens (including phenoxy) is 1. The van der Waals surface area contributed by atoms with Crippen LogP contribution in [0.1, 0.15) is 48.9 Å². The highest BCUT2D eigenvalue weighted by molar-refractivity contribution is 5.97. The molecule has 0 atom stereocenters. The maximum absolute atomic E-state index is 11.4. The molecular weight excluding hydrogens is 228 g/mol. The summed E-state index contributed by atoms with van der Waals surface area (Å²) in [4.78, 5) is 11.4. The Morgan fingerprint density at radius 3 is 2.44 bits per heavy atom. The van der Waals surface area contributed by atoms with Crippen molar-refractivity contribution < 1.29 is 9.53 Å². The Hall–Kier alpha value is -1.71. The smallest absolute Gasteiger partial charge is 0.252 e. The summed E-state index contributed by atoms with van der Waals surface area (Å²) in [6.07, 6.45) is 7.04. The van der Waals surface area contributed by atoms with Crippen molar-refractivity contribution in [1.29, 1.82) is 0 Å². The van der Waals surface area contributed by atoms with Crippen LogP contribution in [0.15, 0.2) is 18.2 Å². The van der Waals surface area contributed by atoms with Crippen molar-refractivity contribution in [2.45, 2.75) is 44.6 Å². The van der Waals surface area contributed by atoms with Crippen molar-refractivity contribution in [1.82, 2.24) is 0 Å². The van der Waals surface area contributed by atoms with Crippen LogP contribution in [-0.2, 0) is 0 Å². The number of para-hydroxylation sites is 1. The minimum absolute atomic E-state index is 0.148. The largest absolute Gasteiger partial charge is 0.487 e. The third kappa shape index (κ3) is 2.94. The summed E-state index contributed by atoms with van der Waals surface area (Å²) >= 11 is 0. The predicted molar refractivity (Wildman–Crippen MR) is 71.5 cm³/mol. The number of nitrogens with two attached hydrogens (primary N) is 2. The number of rotatable bonds is 3. The van der Waals surface area contributed by atoms with E-state index in [2.05, 4.69) is 0 Å². The molecule has 0 unspecified atom stereocenters. The highest BCUT2D eigenvalue weighted by atomic mass is 16.5. The molecule has 4 heteroatoms. The number of primary amides is 1. The van der Waals surface area contributed by atoms with Gasteiger partial charge in [-0.1, -0.05) is 18.9 Å². The van der Waals surface area contributed by atoms with Crippen LogP contribution in [0.4, 0.5) is 5.69 Å². The zero-order chi connectivity index (χ0) is 13.0. The second kappa shape index (κ2) is 5.76. The molecule has 0 spiro atoms. The van der Waals surface area contributed by atoms with E-state index in [4.69, 9.17) is 16.2 Å². The van der Waals surface area contributed by atoms with Crippen molar-refractivity contribution in [3.05, 3.63) is 23.8 Å². The van der Waals surface area contributed by atoms with Gasteiger partial charge in [-0.2, -0.15) is 0 Å². The van der Waals surface area contributed by atoms with Gasteiger partial charge in [0.05, 0.1) is 17.4 Å². The lowest BCUT2D eigenvalue weighted by molar-refractivity contribution is 0.0991. The van der Waals surface area contributed by atoms with Crippen molar-refractivity contribution in [3.8, 4) is 5.75 Å². The minimum Gasteiger partial charge on any atom is -0.487 e. The molecular formula is C14H20N2O2. The van der Waals surface area contributed by atoms with E-state index in [9.17, 15) is 4.79 Å². The Morgan fingerprint density at radius 2 is 1.83 bits per heavy atom. The van der Waals surface area contributed by atoms with Gasteiger partial charge in [-0.3, -0.25) is 4.79 Å². The van der Waals surface area contributed by atoms with E-state index in [1.165, 1.54) is 25.7 Å². The number of carbonyl (C=O) groups excluding carboxylic acids is 1. The molecule has 0 aromatic heterocycles. The van der Waals surface area contributed by atoms with Crippen LogP contribution < -0.4 is 16.2 Å². The number of hydrogen-bond acceptors (Lipinski definition) is 3. The zero-order valence-corrected chi connectivity index (χ0v) is 10.5. The number of carbonyl (C=O) groups is 1. The van der Waals surface area contributed by atoms with Crippen molar-refractivity contribution >= 4 is 11.6 Å². The first kappa shape index (κ1) is 12.7. The van der Waals surface area contributed by atoms with Gasteiger partial charge in [-0.15, -0.1) is 0 Å². The average Bonchev–Trinajstić information content (AvgIpc) is 2.60. The maximum Gasteiger partial charge on any atom is 0.252 e. The minimum atomic E-state index is -0.495. The quantitative estimate of drug-likeness (QED) is 0.637. The van der Waals surface area contributed by atoms with Gasteiger partial charge in [-0.25, -0.2) is 0 Å². The van der Waals surface area contributed by atoms with Crippen molar-refractivity contribution in [2.75, 3.05) is 5.73 Å². The molecule has 18 heavy (non-hydrogen) atoms. The van der Waals surface area contributed by atoms with Gasteiger partial charge in [0, 0.05) is 0 Å². The first-order valence-corrected chi connectivity index (χ1v) is 6.53. The van der Waals surface area contributed by atoms with Crippen molar-refractivity contribution in [3.63, 3.8) is 0 Å². The van der Waals surface area contributed by atoms with Gasteiger partial charge in [0.25, 0.3) is 5.91 Å². The van der Waals surface area contributed by atoms with Crippen LogP contribution in [0, 0.1) is 0 Å². The summed E-state index contributed by atoms with van der Waals surface area (Å²) in [5, 5.41) is 0. The van der Waals surface area contributed by atoms with Crippen LogP contribution in [0.3, 0.4) is 0 Å². The van der Waals surface area contributed by atoms with Crippen LogP contribution in [-0.4, -0.2) is 12.0 Å². The van der Waals surface area contributed by atoms with Crippen molar-refractivity contribution in [2.24, 2.45) is 5.73 Å². The molecule has 1 aliphatic rings. The van der Waals surface area contributed by atoms with E-state index in [1.807, 2.05) is 0 Å². The molecule has 4 N–H and O–H groups in total. The summed E-state index contributed by atoms with van der Waals surface area (Å²) in [5.41, 5.74) is 12.1. The molecule has 1 aromatic carbocycles. The Labute approximate surface area is 107 Å². The number of benzene rings is 1. The molecule has 4 nitrogen and oxygen atoms in total. The number of anilines is 1. The molecule has 0 saturated heterocycles. The Kier molecular flexibility index (Phi) is 4.07. The summed E-state index contributed by atoms with van der Waals surface area (Å²) in [7, 11) is 0. The van der Waals surface area contributed by atoms with Crippen LogP contribution >= 0.6 is 0 Å². The van der Waals surface area contributed by atoms with Gasteiger partial charge in [0.1, 0.15) is 0 Å². The highest BCUT2D eigenvalue weighted by Crippen LogP contribution is 2.30. The Bertz CT molecular complexity index is 424. The fourth-order valence-electron chi connectivity index (χ4n) is 2.41. The molecule has 1 aromatic rings. The molecule has 1 amide bonds. The number of hydrogen-bond donors (Lipinski definition) is 2. The lowest BCUT2D eigenvalue weighted by Gasteiger charge is -2.19. The molecule has 0 bridgehead atoms. The van der Waals surface area contributed by atoms with Gasteiger partial charge in [0.2, 0.25) is 0 Å². The van der Waals surface area contributed by atoms with E-state index in [0.717, 1.165) is 12.8 Å². The molecule has 1 aliphatic carbocycles. The average molecular weight is 248 g/mol. The van der Waals surface area contributed by atoms with Gasteiger partial charge in [0.15, 0.2) is 5.75 Å². The molecule has 1 fully saturated rings. The Balaban J connectivity index is 2.19. The predicted octanol–water partition coefficient (Wildman–Crippen LogP) is 2.47. The highest BCUT2D eigenvalue weighted by Gasteiger charge is 2.18. The topological polar surface area (TPSA) is 78.3 Å². The second-order valence-corrected chi connectivity index (χ2v) is 4.82. The molecule has 98 valence electrons. The molecule has 2 rings (SSSR count). The summed E-state index contributed by atoms with van der Waals surface area (Å²) in [6.45, 7) is 0. The standard InChI is InChI=1S/C14H20N2O2/c15-12-9-5-8-11(14(16)17)13(12)18-10-6-3-1-2-4-7-10/h5,8-10H,1-4,6-7,15H2,(H2,16,17). The molecule has 0 heterocycles. The third-order valence-electron chi connectivity index (χ3n) is 3.40. The van der Waals surface area contributed by atoms with Crippen LogP contribution in [0.25, 0.3) is 0 Å². The summed E-state index contributed by atoms with van der Waals surface area (Å²) in [5.74, 6) is -0.0391. The van der Waals surface area contributed by atoms with Crippen LogP contribution in [0.5, 0.6) is 5.75 Å². The monoisotopic (exact) mass is 248 g/mol. The first-order valence-electron chi connectivity index (χ1n) is 6.53. The van der Waals surface area contributed by atoms with Crippen LogP contribution in [0.2, 0.25) is 0 Å². The normalized spacial score (nSPS) is 17.1. The molecule has 0 aliphatic heterocycles. The first-order chi connectivity index (χ1) is 8.68. The van der Waals surface area contributed by atoms with E-state index < -0.39 is 5.91 Å². The zero-order valence-electron chi connectivity index (χ0n) is 10.5. The van der Waals surface area contributed by atoms with Gasteiger partial charge >= 0.3 is 0 Å². The fraction of sp³-hybridized carbons (Fsp3) is 0.500. The number of nitrogen functional groups attached to an aromatic ring is 1. The SMILES string of the molecule is NC(=O)c1cccc(N)c1OC1CCCCCC1. The van der Waals surface area contributed by atoms with E-state index in [-0.39, 0.29) is 6.10 Å². The lowest BCUT2D eigenvalue weighted by Crippen LogP contribution is -2.20. The summed E-state index contributed by atoms with van der Waals surface area (Å²) < 4.78 is 5.93. The number of amides is 1. The van der Waals surface area contributed by atoms with E-state index >= 15 is 0 Å². The van der Waals surface area contributed by atoms with E-state index in [1.54, 1.807) is 18.2 Å². The third-order valence-corrected chi connectivity index (χ3v) is 3.40. The lowest BCUT2D eigenvalue weighted by atomic mass is 10.1. The van der Waals surface area contributed by atoms with Gasteiger partial charge in [-0.05, 0) is 37.8 Å². The fourth-order valence-corrected chi connectivity index (χ4v) is 2.41. The second-order valence-electron chi connectivity index (χ2n) is 4.82. The Morgan fingerprint density at radius 1 is 1.17 bits per heavy atom. The van der Waals surface area contributed by atoms with E-state index in [0.29, 0.717) is 17.0 Å².